The van der Waals surface area contributed by atoms with Gasteiger partial charge >= 0.3 is 12.1 Å². The minimum atomic E-state index is -1.39. The van der Waals surface area contributed by atoms with E-state index in [1.54, 1.807) is 6.92 Å². The summed E-state index contributed by atoms with van der Waals surface area (Å²) in [6, 6.07) is 16.5. The normalized spacial score (nSPS) is 20.7. The lowest BCUT2D eigenvalue weighted by molar-refractivity contribution is -0.150. The highest BCUT2D eigenvalue weighted by Gasteiger charge is 2.41. The number of hydrogen-bond donors (Lipinski definition) is 2. The van der Waals surface area contributed by atoms with Gasteiger partial charge in [-0.25, -0.2) is 4.79 Å². The van der Waals surface area contributed by atoms with Gasteiger partial charge in [0, 0.05) is 12.5 Å². The summed E-state index contributed by atoms with van der Waals surface area (Å²) in [5.41, 5.74) is 1.11. The summed E-state index contributed by atoms with van der Waals surface area (Å²) in [5, 5.41) is 14.0. The van der Waals surface area contributed by atoms with Crippen molar-refractivity contribution in [3.8, 4) is 0 Å². The average molecular weight is 383 g/mol. The van der Waals surface area contributed by atoms with Crippen molar-refractivity contribution in [2.45, 2.75) is 44.4 Å². The van der Waals surface area contributed by atoms with Gasteiger partial charge in [0.2, 0.25) is 0 Å². The average Bonchev–Trinajstić information content (AvgIpc) is 2.67. The molecule has 1 aliphatic carbocycles. The Morgan fingerprint density at radius 1 is 1.11 bits per heavy atom. The Morgan fingerprint density at radius 2 is 1.82 bits per heavy atom. The highest BCUT2D eigenvalue weighted by atomic mass is 16.5. The lowest BCUT2D eigenvalue weighted by atomic mass is 9.75. The van der Waals surface area contributed by atoms with Crippen molar-refractivity contribution in [1.82, 2.24) is 5.32 Å². The summed E-state index contributed by atoms with van der Waals surface area (Å²) in [7, 11) is 0. The first-order chi connectivity index (χ1) is 13.5. The van der Waals surface area contributed by atoms with Gasteiger partial charge < -0.3 is 19.9 Å². The third-order valence-electron chi connectivity index (χ3n) is 4.85. The zero-order chi connectivity index (χ0) is 20.0. The fraction of sp³-hybridized carbons (Fsp3) is 0.364. The maximum atomic E-state index is 12.2. The molecule has 1 aliphatic rings. The molecule has 2 N–H and O–H groups in total. The van der Waals surface area contributed by atoms with Crippen molar-refractivity contribution in [1.29, 1.82) is 0 Å². The van der Waals surface area contributed by atoms with Gasteiger partial charge in [-0.15, -0.1) is 0 Å². The molecule has 1 amide bonds. The summed E-state index contributed by atoms with van der Waals surface area (Å²) in [6.07, 6.45) is 0.0619. The molecule has 0 unspecified atom stereocenters. The van der Waals surface area contributed by atoms with E-state index in [-0.39, 0.29) is 32.1 Å². The number of amides is 1. The Labute approximate surface area is 164 Å². The fourth-order valence-electron chi connectivity index (χ4n) is 3.66. The van der Waals surface area contributed by atoms with Gasteiger partial charge in [0.05, 0.1) is 13.0 Å². The molecule has 2 aromatic rings. The standard InChI is InChI=1S/C22H25NO5/c1-2-27-20(24)14-22(26)13-18(12-17-10-6-7-11-19(17)22)23-21(25)28-15-16-8-4-3-5-9-16/h3-11,18,26H,2,12-15H2,1H3,(H,23,25)/t18-,22-/m1/s1. The molecule has 6 heteroatoms. The van der Waals surface area contributed by atoms with E-state index >= 15 is 0 Å². The zero-order valence-corrected chi connectivity index (χ0v) is 15.9. The summed E-state index contributed by atoms with van der Waals surface area (Å²) in [4.78, 5) is 24.2. The minimum Gasteiger partial charge on any atom is -0.466 e. The summed E-state index contributed by atoms with van der Waals surface area (Å²) in [6.45, 7) is 2.15. The fourth-order valence-corrected chi connectivity index (χ4v) is 3.66. The third kappa shape index (κ3) is 4.89. The molecule has 0 fully saturated rings. The number of aliphatic hydroxyl groups is 1. The molecule has 0 saturated heterocycles. The molecule has 0 aromatic heterocycles. The van der Waals surface area contributed by atoms with Gasteiger partial charge in [-0.05, 0) is 30.0 Å². The van der Waals surface area contributed by atoms with Gasteiger partial charge in [0.1, 0.15) is 12.2 Å². The molecule has 28 heavy (non-hydrogen) atoms. The molecule has 6 nitrogen and oxygen atoms in total. The van der Waals surface area contributed by atoms with Crippen molar-refractivity contribution in [3.63, 3.8) is 0 Å². The molecule has 0 heterocycles. The predicted molar refractivity (Wildman–Crippen MR) is 103 cm³/mol. The monoisotopic (exact) mass is 383 g/mol. The lowest BCUT2D eigenvalue weighted by Crippen LogP contribution is -2.47. The van der Waals surface area contributed by atoms with E-state index in [0.29, 0.717) is 12.0 Å². The molecule has 3 rings (SSSR count). The van der Waals surface area contributed by atoms with E-state index < -0.39 is 17.7 Å². The number of carbonyl (C=O) groups excluding carboxylic acids is 2. The van der Waals surface area contributed by atoms with Crippen LogP contribution in [0.1, 0.15) is 36.5 Å². The second-order valence-electron chi connectivity index (χ2n) is 6.98. The van der Waals surface area contributed by atoms with Crippen LogP contribution in [0, 0.1) is 0 Å². The van der Waals surface area contributed by atoms with Crippen LogP contribution in [0.15, 0.2) is 54.6 Å². The maximum absolute atomic E-state index is 12.2. The highest BCUT2D eigenvalue weighted by Crippen LogP contribution is 2.38. The molecule has 0 aliphatic heterocycles. The molecule has 0 radical (unpaired) electrons. The van der Waals surface area contributed by atoms with Gasteiger partial charge in [-0.1, -0.05) is 54.6 Å². The van der Waals surface area contributed by atoms with Crippen LogP contribution in [0.4, 0.5) is 4.79 Å². The Kier molecular flexibility index (Phi) is 6.31. The number of esters is 1. The molecule has 0 bridgehead atoms. The number of benzene rings is 2. The van der Waals surface area contributed by atoms with Gasteiger partial charge in [0.15, 0.2) is 0 Å². The molecule has 0 saturated carbocycles. The quantitative estimate of drug-likeness (QED) is 0.749. The first-order valence-electron chi connectivity index (χ1n) is 9.44. The Morgan fingerprint density at radius 3 is 2.57 bits per heavy atom. The smallest absolute Gasteiger partial charge is 0.407 e. The van der Waals surface area contributed by atoms with Crippen LogP contribution in [0.25, 0.3) is 0 Å². The van der Waals surface area contributed by atoms with Crippen LogP contribution in [0.5, 0.6) is 0 Å². The van der Waals surface area contributed by atoms with Crippen LogP contribution < -0.4 is 5.32 Å². The van der Waals surface area contributed by atoms with Crippen LogP contribution in [-0.2, 0) is 32.9 Å². The number of ether oxygens (including phenoxy) is 2. The molecule has 2 atom stereocenters. The van der Waals surface area contributed by atoms with Crippen molar-refractivity contribution < 1.29 is 24.2 Å². The van der Waals surface area contributed by atoms with E-state index in [1.807, 2.05) is 54.6 Å². The maximum Gasteiger partial charge on any atom is 0.407 e. The van der Waals surface area contributed by atoms with E-state index in [0.717, 1.165) is 11.1 Å². The molecular formula is C22H25NO5. The Bertz CT molecular complexity index is 823. The first-order valence-corrected chi connectivity index (χ1v) is 9.44. The van der Waals surface area contributed by atoms with Crippen molar-refractivity contribution in [2.75, 3.05) is 6.61 Å². The number of rotatable bonds is 6. The van der Waals surface area contributed by atoms with Gasteiger partial charge in [-0.2, -0.15) is 0 Å². The number of fused-ring (bicyclic) bond motifs is 1. The summed E-state index contributed by atoms with van der Waals surface area (Å²) in [5.74, 6) is -0.466. The number of alkyl carbamates (subject to hydrolysis) is 1. The van der Waals surface area contributed by atoms with Gasteiger partial charge in [-0.3, -0.25) is 4.79 Å². The van der Waals surface area contributed by atoms with Crippen LogP contribution in [-0.4, -0.2) is 29.8 Å². The topological polar surface area (TPSA) is 84.9 Å². The molecular weight excluding hydrogens is 358 g/mol. The number of nitrogens with one attached hydrogen (secondary N) is 1. The van der Waals surface area contributed by atoms with Crippen molar-refractivity contribution in [2.24, 2.45) is 0 Å². The first kappa shape index (κ1) is 19.9. The van der Waals surface area contributed by atoms with E-state index in [4.69, 9.17) is 9.47 Å². The summed E-state index contributed by atoms with van der Waals surface area (Å²) >= 11 is 0. The number of hydrogen-bond acceptors (Lipinski definition) is 5. The Hall–Kier alpha value is -2.86. The lowest BCUT2D eigenvalue weighted by Gasteiger charge is -2.38. The van der Waals surface area contributed by atoms with Gasteiger partial charge in [0.25, 0.3) is 0 Å². The van der Waals surface area contributed by atoms with Crippen LogP contribution >= 0.6 is 0 Å². The SMILES string of the molecule is CCOC(=O)C[C@]1(O)C[C@H](NC(=O)OCc2ccccc2)Cc2ccccc21. The third-order valence-corrected chi connectivity index (χ3v) is 4.85. The Balaban J connectivity index is 1.67. The van der Waals surface area contributed by atoms with Crippen molar-refractivity contribution >= 4 is 12.1 Å². The zero-order valence-electron chi connectivity index (χ0n) is 15.9. The van der Waals surface area contributed by atoms with E-state index in [2.05, 4.69) is 5.32 Å². The second kappa shape index (κ2) is 8.89. The van der Waals surface area contributed by atoms with Crippen LogP contribution in [0.3, 0.4) is 0 Å². The molecule has 148 valence electrons. The van der Waals surface area contributed by atoms with Crippen molar-refractivity contribution in [3.05, 3.63) is 71.3 Å². The van der Waals surface area contributed by atoms with E-state index in [9.17, 15) is 14.7 Å². The molecule has 0 spiro atoms. The summed E-state index contributed by atoms with van der Waals surface area (Å²) < 4.78 is 10.3. The minimum absolute atomic E-state index is 0.158. The predicted octanol–water partition coefficient (Wildman–Crippen LogP) is 3.07. The van der Waals surface area contributed by atoms with E-state index in [1.165, 1.54) is 0 Å². The second-order valence-corrected chi connectivity index (χ2v) is 6.98. The molecule has 2 aromatic carbocycles. The van der Waals surface area contributed by atoms with Crippen LogP contribution in [0.2, 0.25) is 0 Å². The largest absolute Gasteiger partial charge is 0.466 e. The highest BCUT2D eigenvalue weighted by molar-refractivity contribution is 5.72. The number of carbonyl (C=O) groups is 2.